The monoisotopic (exact) mass is 142 g/mol. The summed E-state index contributed by atoms with van der Waals surface area (Å²) in [6.07, 6.45) is 6.23. The molecule has 0 saturated carbocycles. The van der Waals surface area contributed by atoms with Crippen LogP contribution in [0.5, 0.6) is 0 Å². The van der Waals surface area contributed by atoms with E-state index < -0.39 is 0 Å². The molecule has 3 nitrogen and oxygen atoms in total. The van der Waals surface area contributed by atoms with Gasteiger partial charge >= 0.3 is 0 Å². The number of rotatable bonds is 4. The molecule has 0 saturated heterocycles. The molecule has 0 bridgehead atoms. The number of aliphatic hydroxyl groups is 1. The van der Waals surface area contributed by atoms with Gasteiger partial charge in [-0.15, -0.1) is 0 Å². The first-order valence-electron chi connectivity index (χ1n) is 3.29. The zero-order chi connectivity index (χ0) is 7.82. The zero-order valence-corrected chi connectivity index (χ0v) is 6.17. The van der Waals surface area contributed by atoms with Crippen molar-refractivity contribution in [3.05, 3.63) is 23.9 Å². The first-order chi connectivity index (χ1) is 4.85. The number of nitrogens with two attached hydrogens (primary N) is 1. The van der Waals surface area contributed by atoms with E-state index in [9.17, 15) is 0 Å². The van der Waals surface area contributed by atoms with Gasteiger partial charge in [-0.1, -0.05) is 19.1 Å². The van der Waals surface area contributed by atoms with Crippen molar-refractivity contribution < 1.29 is 5.11 Å². The average Bonchev–Trinajstić information content (AvgIpc) is 1.98. The molecule has 0 radical (unpaired) electrons. The van der Waals surface area contributed by atoms with Gasteiger partial charge < -0.3 is 10.5 Å². The predicted molar refractivity (Wildman–Crippen MR) is 41.9 cm³/mol. The Balaban J connectivity index is 3.82. The van der Waals surface area contributed by atoms with Gasteiger partial charge in [0.2, 0.25) is 0 Å². The lowest BCUT2D eigenvalue weighted by Gasteiger charge is -1.97. The molecule has 0 aliphatic carbocycles. The van der Waals surface area contributed by atoms with E-state index in [0.717, 1.165) is 12.1 Å². The van der Waals surface area contributed by atoms with Crippen molar-refractivity contribution in [2.75, 3.05) is 6.61 Å². The number of hydrazine groups is 1. The van der Waals surface area contributed by atoms with E-state index in [1.807, 2.05) is 13.0 Å². The lowest BCUT2D eigenvalue weighted by atomic mass is 10.3. The van der Waals surface area contributed by atoms with Crippen LogP contribution in [0.4, 0.5) is 0 Å². The highest BCUT2D eigenvalue weighted by Gasteiger charge is 1.82. The third kappa shape index (κ3) is 4.12. The summed E-state index contributed by atoms with van der Waals surface area (Å²) in [5, 5.41) is 8.40. The fourth-order valence-electron chi connectivity index (χ4n) is 0.575. The molecule has 0 aliphatic heterocycles. The molecule has 0 heterocycles. The molecule has 0 aromatic carbocycles. The Morgan fingerprint density at radius 3 is 2.80 bits per heavy atom. The lowest BCUT2D eigenvalue weighted by Crippen LogP contribution is -2.19. The van der Waals surface area contributed by atoms with E-state index in [1.165, 1.54) is 0 Å². The fourth-order valence-corrected chi connectivity index (χ4v) is 0.575. The largest absolute Gasteiger partial charge is 0.392 e. The summed E-state index contributed by atoms with van der Waals surface area (Å²) in [6.45, 7) is 2.06. The second-order valence-corrected chi connectivity index (χ2v) is 1.80. The Morgan fingerprint density at radius 1 is 1.70 bits per heavy atom. The molecule has 0 unspecified atom stereocenters. The molecule has 0 aromatic heterocycles. The topological polar surface area (TPSA) is 58.3 Å². The molecule has 0 amide bonds. The Morgan fingerprint density at radius 2 is 2.40 bits per heavy atom. The third-order valence-electron chi connectivity index (χ3n) is 0.994. The van der Waals surface area contributed by atoms with Gasteiger partial charge in [0.25, 0.3) is 0 Å². The Bertz CT molecular complexity index is 130. The molecule has 0 aromatic rings. The number of aliphatic hydroxyl groups excluding tert-OH is 1. The quantitative estimate of drug-likeness (QED) is 0.300. The SMILES string of the molecule is CC/C=C(\C=C/CO)NN. The van der Waals surface area contributed by atoms with Gasteiger partial charge in [-0.2, -0.15) is 0 Å². The lowest BCUT2D eigenvalue weighted by molar-refractivity contribution is 0.342. The van der Waals surface area contributed by atoms with Crippen molar-refractivity contribution in [3.63, 3.8) is 0 Å². The van der Waals surface area contributed by atoms with Crippen molar-refractivity contribution in [1.82, 2.24) is 5.43 Å². The van der Waals surface area contributed by atoms with Gasteiger partial charge in [0, 0.05) is 5.70 Å². The molecule has 0 atom stereocenters. The highest BCUT2D eigenvalue weighted by Crippen LogP contribution is 1.91. The number of allylic oxidation sites excluding steroid dienone is 2. The van der Waals surface area contributed by atoms with Gasteiger partial charge in [-0.3, -0.25) is 5.84 Å². The predicted octanol–water partition coefficient (Wildman–Crippen LogP) is 0.292. The summed E-state index contributed by atoms with van der Waals surface area (Å²) in [5.41, 5.74) is 3.33. The molecule has 3 heteroatoms. The van der Waals surface area contributed by atoms with Crippen LogP contribution in [0.2, 0.25) is 0 Å². The van der Waals surface area contributed by atoms with E-state index >= 15 is 0 Å². The fraction of sp³-hybridized carbons (Fsp3) is 0.429. The Labute approximate surface area is 61.2 Å². The van der Waals surface area contributed by atoms with Crippen LogP contribution in [0.25, 0.3) is 0 Å². The van der Waals surface area contributed by atoms with Crippen LogP contribution in [-0.4, -0.2) is 11.7 Å². The molecule has 0 spiro atoms. The van der Waals surface area contributed by atoms with E-state index in [-0.39, 0.29) is 6.61 Å². The highest BCUT2D eigenvalue weighted by atomic mass is 16.2. The first-order valence-corrected chi connectivity index (χ1v) is 3.29. The van der Waals surface area contributed by atoms with Crippen molar-refractivity contribution in [2.24, 2.45) is 5.84 Å². The van der Waals surface area contributed by atoms with Crippen LogP contribution in [0.3, 0.4) is 0 Å². The van der Waals surface area contributed by atoms with E-state index in [0.29, 0.717) is 0 Å². The average molecular weight is 142 g/mol. The first kappa shape index (κ1) is 9.20. The van der Waals surface area contributed by atoms with Crippen molar-refractivity contribution in [2.45, 2.75) is 13.3 Å². The minimum atomic E-state index is 0.0444. The van der Waals surface area contributed by atoms with Crippen LogP contribution in [0.15, 0.2) is 23.9 Å². The molecule has 0 fully saturated rings. The molecular weight excluding hydrogens is 128 g/mol. The van der Waals surface area contributed by atoms with Crippen LogP contribution in [-0.2, 0) is 0 Å². The highest BCUT2D eigenvalue weighted by molar-refractivity contribution is 5.15. The molecule has 4 N–H and O–H groups in total. The molecular formula is C7H14N2O. The summed E-state index contributed by atoms with van der Waals surface area (Å²) in [7, 11) is 0. The van der Waals surface area contributed by atoms with E-state index in [4.69, 9.17) is 10.9 Å². The summed E-state index contributed by atoms with van der Waals surface area (Å²) in [4.78, 5) is 0. The molecule has 0 aliphatic rings. The Hall–Kier alpha value is -0.800. The normalized spacial score (nSPS) is 12.5. The molecule has 58 valence electrons. The minimum Gasteiger partial charge on any atom is -0.392 e. The summed E-state index contributed by atoms with van der Waals surface area (Å²) in [6, 6.07) is 0. The van der Waals surface area contributed by atoms with Crippen LogP contribution in [0, 0.1) is 0 Å². The van der Waals surface area contributed by atoms with Gasteiger partial charge in [-0.25, -0.2) is 0 Å². The minimum absolute atomic E-state index is 0.0444. The number of nitrogens with one attached hydrogen (secondary N) is 1. The summed E-state index contributed by atoms with van der Waals surface area (Å²) in [5.74, 6) is 5.15. The number of hydrogen-bond acceptors (Lipinski definition) is 3. The zero-order valence-electron chi connectivity index (χ0n) is 6.17. The van der Waals surface area contributed by atoms with Gasteiger partial charge in [0.1, 0.15) is 0 Å². The van der Waals surface area contributed by atoms with Crippen molar-refractivity contribution in [3.8, 4) is 0 Å². The third-order valence-corrected chi connectivity index (χ3v) is 0.994. The standard InChI is InChI=1S/C7H14N2O/c1-2-4-7(9-8)5-3-6-10/h3-5,9-10H,2,6,8H2,1H3/b5-3-,7-4+. The van der Waals surface area contributed by atoms with Crippen molar-refractivity contribution >= 4 is 0 Å². The molecule has 0 rings (SSSR count). The Kier molecular flexibility index (Phi) is 5.82. The van der Waals surface area contributed by atoms with Gasteiger partial charge in [-0.05, 0) is 12.5 Å². The van der Waals surface area contributed by atoms with E-state index in [1.54, 1.807) is 12.2 Å². The maximum Gasteiger partial charge on any atom is 0.0616 e. The second kappa shape index (κ2) is 6.32. The van der Waals surface area contributed by atoms with Gasteiger partial charge in [0.15, 0.2) is 0 Å². The van der Waals surface area contributed by atoms with Crippen LogP contribution < -0.4 is 11.3 Å². The second-order valence-electron chi connectivity index (χ2n) is 1.80. The van der Waals surface area contributed by atoms with Gasteiger partial charge in [0.05, 0.1) is 6.61 Å². The van der Waals surface area contributed by atoms with Crippen molar-refractivity contribution in [1.29, 1.82) is 0 Å². The summed E-state index contributed by atoms with van der Waals surface area (Å²) >= 11 is 0. The smallest absolute Gasteiger partial charge is 0.0616 e. The van der Waals surface area contributed by atoms with E-state index in [2.05, 4.69) is 5.43 Å². The maximum absolute atomic E-state index is 8.40. The van der Waals surface area contributed by atoms with Crippen LogP contribution in [0.1, 0.15) is 13.3 Å². The molecule has 10 heavy (non-hydrogen) atoms. The van der Waals surface area contributed by atoms with Crippen LogP contribution >= 0.6 is 0 Å². The summed E-state index contributed by atoms with van der Waals surface area (Å²) < 4.78 is 0. The maximum atomic E-state index is 8.40. The number of hydrogen-bond donors (Lipinski definition) is 3.